The first-order valence-corrected chi connectivity index (χ1v) is 10.4. The van der Waals surface area contributed by atoms with Crippen molar-refractivity contribution in [3.05, 3.63) is 70.2 Å². The van der Waals surface area contributed by atoms with Gasteiger partial charge in [0, 0.05) is 21.7 Å². The van der Waals surface area contributed by atoms with Crippen LogP contribution in [0.1, 0.15) is 21.7 Å². The molecular formula is C19H13ClFN3O2S2. The second kappa shape index (κ2) is 7.90. The van der Waals surface area contributed by atoms with E-state index in [-0.39, 0.29) is 11.6 Å². The van der Waals surface area contributed by atoms with E-state index in [9.17, 15) is 9.18 Å². The number of aromatic nitrogens is 2. The second-order valence-electron chi connectivity index (χ2n) is 5.90. The van der Waals surface area contributed by atoms with Gasteiger partial charge in [-0.15, -0.1) is 10.2 Å². The lowest BCUT2D eigenvalue weighted by Gasteiger charge is -2.00. The monoisotopic (exact) mass is 433 g/mol. The zero-order valence-electron chi connectivity index (χ0n) is 14.5. The number of fused-ring (bicyclic) bond motifs is 1. The van der Waals surface area contributed by atoms with Gasteiger partial charge in [0.05, 0.1) is 0 Å². The fourth-order valence-corrected chi connectivity index (χ4v) is 4.54. The fraction of sp³-hybridized carbons (Fsp3) is 0.105. The van der Waals surface area contributed by atoms with Crippen LogP contribution in [0.3, 0.4) is 0 Å². The Bertz CT molecular complexity index is 1180. The number of hydrogen-bond donors (Lipinski definition) is 1. The highest BCUT2D eigenvalue weighted by Gasteiger charge is 2.19. The summed E-state index contributed by atoms with van der Waals surface area (Å²) in [7, 11) is 0. The van der Waals surface area contributed by atoms with Crippen LogP contribution in [0.15, 0.2) is 51.2 Å². The predicted molar refractivity (Wildman–Crippen MR) is 110 cm³/mol. The van der Waals surface area contributed by atoms with Crippen LogP contribution >= 0.6 is 34.7 Å². The first-order valence-electron chi connectivity index (χ1n) is 8.21. The molecule has 0 radical (unpaired) electrons. The van der Waals surface area contributed by atoms with E-state index in [1.54, 1.807) is 43.3 Å². The van der Waals surface area contributed by atoms with Crippen LogP contribution in [0.4, 0.5) is 9.52 Å². The first-order chi connectivity index (χ1) is 13.5. The lowest BCUT2D eigenvalue weighted by Crippen LogP contribution is -2.11. The van der Waals surface area contributed by atoms with Gasteiger partial charge in [0.1, 0.15) is 11.4 Å². The van der Waals surface area contributed by atoms with E-state index in [4.69, 9.17) is 16.0 Å². The maximum absolute atomic E-state index is 13.7. The number of hydrogen-bond acceptors (Lipinski definition) is 6. The first kappa shape index (κ1) is 18.9. The molecule has 5 nitrogen and oxygen atoms in total. The van der Waals surface area contributed by atoms with E-state index in [1.165, 1.54) is 29.2 Å². The Labute approximate surface area is 172 Å². The van der Waals surface area contributed by atoms with Gasteiger partial charge in [-0.2, -0.15) is 0 Å². The zero-order chi connectivity index (χ0) is 19.7. The Morgan fingerprint density at radius 3 is 2.93 bits per heavy atom. The Balaban J connectivity index is 1.46. The third kappa shape index (κ3) is 3.89. The Hall–Kier alpha value is -2.42. The number of carbonyl (C=O) groups excluding carboxylic acids is 1. The van der Waals surface area contributed by atoms with Crippen LogP contribution in [0, 0.1) is 12.7 Å². The smallest absolute Gasteiger partial charge is 0.293 e. The summed E-state index contributed by atoms with van der Waals surface area (Å²) in [4.78, 5) is 12.6. The molecule has 2 aromatic carbocycles. The van der Waals surface area contributed by atoms with Crippen LogP contribution in [0.2, 0.25) is 5.02 Å². The molecule has 0 atom stereocenters. The molecule has 1 N–H and O–H groups in total. The molecule has 0 bridgehead atoms. The molecule has 28 heavy (non-hydrogen) atoms. The van der Waals surface area contributed by atoms with E-state index in [2.05, 4.69) is 15.5 Å². The molecule has 1 amide bonds. The number of thioether (sulfide) groups is 1. The molecular weight excluding hydrogens is 421 g/mol. The van der Waals surface area contributed by atoms with Crippen molar-refractivity contribution in [1.82, 2.24) is 10.2 Å². The summed E-state index contributed by atoms with van der Waals surface area (Å²) in [6, 6.07) is 11.8. The summed E-state index contributed by atoms with van der Waals surface area (Å²) in [6.45, 7) is 1.80. The summed E-state index contributed by atoms with van der Waals surface area (Å²) in [5, 5.41) is 12.4. The van der Waals surface area contributed by atoms with Gasteiger partial charge in [-0.25, -0.2) is 4.39 Å². The highest BCUT2D eigenvalue weighted by Crippen LogP contribution is 2.31. The highest BCUT2D eigenvalue weighted by molar-refractivity contribution is 8.00. The molecule has 0 saturated carbocycles. The molecule has 0 saturated heterocycles. The van der Waals surface area contributed by atoms with Crippen LogP contribution in [-0.4, -0.2) is 16.1 Å². The van der Waals surface area contributed by atoms with E-state index in [0.29, 0.717) is 37.0 Å². The lowest BCUT2D eigenvalue weighted by atomic mass is 10.1. The number of furan rings is 1. The summed E-state index contributed by atoms with van der Waals surface area (Å²) in [5.74, 6) is -0.0354. The molecule has 0 aliphatic rings. The molecule has 0 unspecified atom stereocenters. The Kier molecular flexibility index (Phi) is 5.34. The number of aryl methyl sites for hydroxylation is 1. The third-order valence-electron chi connectivity index (χ3n) is 4.04. The molecule has 142 valence electrons. The largest absolute Gasteiger partial charge is 0.451 e. The van der Waals surface area contributed by atoms with Crippen LogP contribution < -0.4 is 5.32 Å². The fourth-order valence-electron chi connectivity index (χ4n) is 2.64. The van der Waals surface area contributed by atoms with E-state index >= 15 is 0 Å². The van der Waals surface area contributed by atoms with Crippen molar-refractivity contribution < 1.29 is 13.6 Å². The lowest BCUT2D eigenvalue weighted by molar-refractivity contribution is 0.0998. The second-order valence-corrected chi connectivity index (χ2v) is 8.54. The van der Waals surface area contributed by atoms with Crippen molar-refractivity contribution >= 4 is 56.7 Å². The molecule has 9 heteroatoms. The number of anilines is 1. The average Bonchev–Trinajstić information content (AvgIpc) is 3.25. The summed E-state index contributed by atoms with van der Waals surface area (Å²) >= 11 is 8.59. The maximum atomic E-state index is 13.7. The van der Waals surface area contributed by atoms with Gasteiger partial charge in [-0.1, -0.05) is 52.9 Å². The van der Waals surface area contributed by atoms with Crippen LogP contribution in [0.5, 0.6) is 0 Å². The standard InChI is InChI=1S/C19H13ClFN3O2S2/c1-10-13-8-12(20)6-7-15(13)26-16(10)17(25)22-18-23-24-19(28-18)27-9-11-4-2-3-5-14(11)21/h2-8H,9H2,1H3,(H,22,23,25). The van der Waals surface area contributed by atoms with Crippen LogP contribution in [-0.2, 0) is 5.75 Å². The van der Waals surface area contributed by atoms with E-state index in [0.717, 1.165) is 5.39 Å². The number of benzene rings is 2. The molecule has 0 aliphatic carbocycles. The van der Waals surface area contributed by atoms with Gasteiger partial charge >= 0.3 is 0 Å². The van der Waals surface area contributed by atoms with Crippen molar-refractivity contribution in [2.24, 2.45) is 0 Å². The number of halogens is 2. The number of amides is 1. The van der Waals surface area contributed by atoms with E-state index < -0.39 is 5.91 Å². The van der Waals surface area contributed by atoms with Gasteiger partial charge in [0.15, 0.2) is 10.1 Å². The van der Waals surface area contributed by atoms with Gasteiger partial charge < -0.3 is 4.42 Å². The normalized spacial score (nSPS) is 11.1. The topological polar surface area (TPSA) is 68.0 Å². The molecule has 4 aromatic rings. The molecule has 2 heterocycles. The van der Waals surface area contributed by atoms with Crippen LogP contribution in [0.25, 0.3) is 11.0 Å². The maximum Gasteiger partial charge on any atom is 0.293 e. The van der Waals surface area contributed by atoms with Crippen molar-refractivity contribution in [3.63, 3.8) is 0 Å². The highest BCUT2D eigenvalue weighted by atomic mass is 35.5. The number of carbonyl (C=O) groups is 1. The minimum Gasteiger partial charge on any atom is -0.451 e. The number of nitrogens with one attached hydrogen (secondary N) is 1. The third-order valence-corrected chi connectivity index (χ3v) is 6.30. The average molecular weight is 434 g/mol. The molecule has 0 fully saturated rings. The molecule has 2 aromatic heterocycles. The molecule has 4 rings (SSSR count). The SMILES string of the molecule is Cc1c(C(=O)Nc2nnc(SCc3ccccc3F)s2)oc2ccc(Cl)cc12. The zero-order valence-corrected chi connectivity index (χ0v) is 16.9. The quantitative estimate of drug-likeness (QED) is 0.312. The van der Waals surface area contributed by atoms with Crippen molar-refractivity contribution in [2.75, 3.05) is 5.32 Å². The Morgan fingerprint density at radius 1 is 1.29 bits per heavy atom. The summed E-state index contributed by atoms with van der Waals surface area (Å²) in [5.41, 5.74) is 1.88. The summed E-state index contributed by atoms with van der Waals surface area (Å²) < 4.78 is 20.0. The van der Waals surface area contributed by atoms with E-state index in [1.807, 2.05) is 0 Å². The van der Waals surface area contributed by atoms with Gasteiger partial charge in [0.2, 0.25) is 5.13 Å². The Morgan fingerprint density at radius 2 is 2.11 bits per heavy atom. The van der Waals surface area contributed by atoms with Crippen molar-refractivity contribution in [3.8, 4) is 0 Å². The minimum atomic E-state index is -0.411. The van der Waals surface area contributed by atoms with Gasteiger partial charge in [-0.05, 0) is 36.8 Å². The van der Waals surface area contributed by atoms with Crippen molar-refractivity contribution in [2.45, 2.75) is 17.0 Å². The minimum absolute atomic E-state index is 0.202. The number of rotatable bonds is 5. The van der Waals surface area contributed by atoms with Crippen molar-refractivity contribution in [1.29, 1.82) is 0 Å². The van der Waals surface area contributed by atoms with Gasteiger partial charge in [0.25, 0.3) is 5.91 Å². The molecule has 0 aliphatic heterocycles. The number of nitrogens with zero attached hydrogens (tertiary/aromatic N) is 2. The summed E-state index contributed by atoms with van der Waals surface area (Å²) in [6.07, 6.45) is 0. The predicted octanol–water partition coefficient (Wildman–Crippen LogP) is 5.93. The van der Waals surface area contributed by atoms with Gasteiger partial charge in [-0.3, -0.25) is 10.1 Å². The molecule has 0 spiro atoms.